The van der Waals surface area contributed by atoms with E-state index in [-0.39, 0.29) is 11.6 Å². The average Bonchev–Trinajstić information content (AvgIpc) is 2.95. The summed E-state index contributed by atoms with van der Waals surface area (Å²) in [4.78, 5) is 26.8. The van der Waals surface area contributed by atoms with Gasteiger partial charge in [-0.3, -0.25) is 0 Å². The number of carbonyl (C=O) groups excluding carboxylic acids is 1. The second kappa shape index (κ2) is 6.58. The van der Waals surface area contributed by atoms with E-state index in [1.165, 1.54) is 0 Å². The second-order valence-electron chi connectivity index (χ2n) is 5.51. The van der Waals surface area contributed by atoms with Crippen molar-refractivity contribution in [3.63, 3.8) is 0 Å². The number of nitrogens with zero attached hydrogens (tertiary/aromatic N) is 2. The highest BCUT2D eigenvalue weighted by atomic mass is 16.4. The molecule has 0 aromatic heterocycles. The molecular weight excluding hydrogens is 270 g/mol. The highest BCUT2D eigenvalue weighted by molar-refractivity contribution is 5.87. The summed E-state index contributed by atoms with van der Waals surface area (Å²) >= 11 is 0. The van der Waals surface area contributed by atoms with Crippen molar-refractivity contribution in [3.05, 3.63) is 35.4 Å². The van der Waals surface area contributed by atoms with Crippen molar-refractivity contribution in [1.82, 2.24) is 15.1 Å². The standard InChI is InChI=1S/C15H21N3O3/c1-17(2)13-7-8-18(10-13)15(21)16-9-11-3-5-12(6-4-11)14(19)20/h3-6,13H,7-10H2,1-2H3,(H,16,21)(H,19,20). The molecule has 0 bridgehead atoms. The summed E-state index contributed by atoms with van der Waals surface area (Å²) in [5, 5.41) is 11.7. The van der Waals surface area contributed by atoms with Crippen LogP contribution in [0, 0.1) is 0 Å². The molecule has 1 aliphatic rings. The van der Waals surface area contributed by atoms with Crippen molar-refractivity contribution in [2.75, 3.05) is 27.2 Å². The normalized spacial score (nSPS) is 18.0. The van der Waals surface area contributed by atoms with Crippen LogP contribution in [-0.4, -0.2) is 60.1 Å². The van der Waals surface area contributed by atoms with Crippen molar-refractivity contribution in [2.45, 2.75) is 19.0 Å². The molecule has 1 aliphatic heterocycles. The smallest absolute Gasteiger partial charge is 0.335 e. The largest absolute Gasteiger partial charge is 0.478 e. The minimum Gasteiger partial charge on any atom is -0.478 e. The topological polar surface area (TPSA) is 72.9 Å². The molecule has 0 aliphatic carbocycles. The fourth-order valence-electron chi connectivity index (χ4n) is 2.40. The van der Waals surface area contributed by atoms with Crippen molar-refractivity contribution >= 4 is 12.0 Å². The van der Waals surface area contributed by atoms with Gasteiger partial charge in [-0.25, -0.2) is 9.59 Å². The molecule has 0 spiro atoms. The fourth-order valence-corrected chi connectivity index (χ4v) is 2.40. The van der Waals surface area contributed by atoms with Crippen LogP contribution in [0.5, 0.6) is 0 Å². The summed E-state index contributed by atoms with van der Waals surface area (Å²) in [6, 6.07) is 6.88. The number of urea groups is 1. The maximum absolute atomic E-state index is 12.1. The van der Waals surface area contributed by atoms with E-state index in [1.54, 1.807) is 24.3 Å². The number of carboxylic acid groups (broad SMARTS) is 1. The lowest BCUT2D eigenvalue weighted by Gasteiger charge is -2.20. The molecule has 6 heteroatoms. The van der Waals surface area contributed by atoms with E-state index in [9.17, 15) is 9.59 Å². The SMILES string of the molecule is CN(C)C1CCN(C(=O)NCc2ccc(C(=O)O)cc2)C1. The molecule has 1 saturated heterocycles. The van der Waals surface area contributed by atoms with Gasteiger partial charge in [0.15, 0.2) is 0 Å². The van der Waals surface area contributed by atoms with Crippen LogP contribution in [-0.2, 0) is 6.54 Å². The predicted molar refractivity (Wildman–Crippen MR) is 79.3 cm³/mol. The maximum Gasteiger partial charge on any atom is 0.335 e. The molecule has 1 fully saturated rings. The molecule has 1 unspecified atom stereocenters. The van der Waals surface area contributed by atoms with Gasteiger partial charge in [-0.1, -0.05) is 12.1 Å². The first-order valence-corrected chi connectivity index (χ1v) is 6.99. The van der Waals surface area contributed by atoms with Crippen molar-refractivity contribution in [2.24, 2.45) is 0 Å². The summed E-state index contributed by atoms with van der Waals surface area (Å²) < 4.78 is 0. The molecule has 1 aromatic rings. The Bertz CT molecular complexity index is 513. The van der Waals surface area contributed by atoms with E-state index in [0.29, 0.717) is 12.6 Å². The van der Waals surface area contributed by atoms with Crippen LogP contribution in [0.3, 0.4) is 0 Å². The van der Waals surface area contributed by atoms with E-state index in [0.717, 1.165) is 25.1 Å². The molecule has 1 aromatic carbocycles. The maximum atomic E-state index is 12.1. The number of carbonyl (C=O) groups is 2. The first-order valence-electron chi connectivity index (χ1n) is 6.99. The number of benzene rings is 1. The molecule has 1 atom stereocenters. The van der Waals surface area contributed by atoms with Gasteiger partial charge >= 0.3 is 12.0 Å². The summed E-state index contributed by atoms with van der Waals surface area (Å²) in [6.07, 6.45) is 0.994. The monoisotopic (exact) mass is 291 g/mol. The van der Waals surface area contributed by atoms with Gasteiger partial charge < -0.3 is 20.2 Å². The van der Waals surface area contributed by atoms with E-state index < -0.39 is 5.97 Å². The minimum absolute atomic E-state index is 0.0679. The molecular formula is C15H21N3O3. The number of hydrogen-bond donors (Lipinski definition) is 2. The highest BCUT2D eigenvalue weighted by Crippen LogP contribution is 2.13. The fraction of sp³-hybridized carbons (Fsp3) is 0.467. The zero-order valence-electron chi connectivity index (χ0n) is 12.4. The van der Waals surface area contributed by atoms with Crippen LogP contribution in [0.2, 0.25) is 0 Å². The zero-order valence-corrected chi connectivity index (χ0v) is 12.4. The molecule has 1 heterocycles. The van der Waals surface area contributed by atoms with Gasteiger partial charge in [0, 0.05) is 25.7 Å². The number of amides is 2. The molecule has 0 saturated carbocycles. The number of nitrogens with one attached hydrogen (secondary N) is 1. The number of aromatic carboxylic acids is 1. The van der Waals surface area contributed by atoms with Gasteiger partial charge in [-0.15, -0.1) is 0 Å². The minimum atomic E-state index is -0.947. The summed E-state index contributed by atoms with van der Waals surface area (Å²) in [6.45, 7) is 1.92. The van der Waals surface area contributed by atoms with Gasteiger partial charge in [0.25, 0.3) is 0 Å². The van der Waals surface area contributed by atoms with Crippen LogP contribution >= 0.6 is 0 Å². The molecule has 21 heavy (non-hydrogen) atoms. The Morgan fingerprint density at radius 1 is 1.33 bits per heavy atom. The van der Waals surface area contributed by atoms with Crippen LogP contribution in [0.4, 0.5) is 4.79 Å². The van der Waals surface area contributed by atoms with E-state index >= 15 is 0 Å². The summed E-state index contributed by atoms with van der Waals surface area (Å²) in [5.41, 5.74) is 1.13. The van der Waals surface area contributed by atoms with E-state index in [2.05, 4.69) is 10.2 Å². The lowest BCUT2D eigenvalue weighted by molar-refractivity contribution is 0.0697. The average molecular weight is 291 g/mol. The van der Waals surface area contributed by atoms with Crippen molar-refractivity contribution < 1.29 is 14.7 Å². The molecule has 6 nitrogen and oxygen atoms in total. The quantitative estimate of drug-likeness (QED) is 0.875. The van der Waals surface area contributed by atoms with E-state index in [1.807, 2.05) is 19.0 Å². The molecule has 114 valence electrons. The van der Waals surface area contributed by atoms with Crippen molar-refractivity contribution in [1.29, 1.82) is 0 Å². The first-order chi connectivity index (χ1) is 9.97. The second-order valence-corrected chi connectivity index (χ2v) is 5.51. The Morgan fingerprint density at radius 3 is 2.52 bits per heavy atom. The first kappa shape index (κ1) is 15.3. The van der Waals surface area contributed by atoms with Crippen LogP contribution < -0.4 is 5.32 Å². The van der Waals surface area contributed by atoms with Crippen LogP contribution in [0.1, 0.15) is 22.3 Å². The highest BCUT2D eigenvalue weighted by Gasteiger charge is 2.27. The lowest BCUT2D eigenvalue weighted by Crippen LogP contribution is -2.40. The number of likely N-dealkylation sites (N-methyl/N-ethyl adjacent to an activating group) is 1. The van der Waals surface area contributed by atoms with Crippen LogP contribution in [0.25, 0.3) is 0 Å². The molecule has 2 amide bonds. The predicted octanol–water partition coefficient (Wildman–Crippen LogP) is 1.23. The number of carboxylic acids is 1. The Labute approximate surface area is 124 Å². The third-order valence-corrected chi connectivity index (χ3v) is 3.83. The number of rotatable bonds is 4. The van der Waals surface area contributed by atoms with Gasteiger partial charge in [-0.2, -0.15) is 0 Å². The summed E-state index contributed by atoms with van der Waals surface area (Å²) in [7, 11) is 4.05. The van der Waals surface area contributed by atoms with Gasteiger partial charge in [-0.05, 0) is 38.2 Å². The van der Waals surface area contributed by atoms with Gasteiger partial charge in [0.1, 0.15) is 0 Å². The Morgan fingerprint density at radius 2 is 2.00 bits per heavy atom. The van der Waals surface area contributed by atoms with Gasteiger partial charge in [0.2, 0.25) is 0 Å². The van der Waals surface area contributed by atoms with Crippen LogP contribution in [0.15, 0.2) is 24.3 Å². The third kappa shape index (κ3) is 3.95. The lowest BCUT2D eigenvalue weighted by atomic mass is 10.1. The molecule has 2 N–H and O–H groups in total. The number of likely N-dealkylation sites (tertiary alicyclic amines) is 1. The van der Waals surface area contributed by atoms with Gasteiger partial charge in [0.05, 0.1) is 5.56 Å². The summed E-state index contributed by atoms with van der Waals surface area (Å²) in [5.74, 6) is -0.947. The Kier molecular flexibility index (Phi) is 4.80. The molecule has 2 rings (SSSR count). The molecule has 0 radical (unpaired) electrons. The van der Waals surface area contributed by atoms with E-state index in [4.69, 9.17) is 5.11 Å². The number of hydrogen-bond acceptors (Lipinski definition) is 3. The van der Waals surface area contributed by atoms with Crippen molar-refractivity contribution in [3.8, 4) is 0 Å². The third-order valence-electron chi connectivity index (χ3n) is 3.83. The Balaban J connectivity index is 1.83. The zero-order chi connectivity index (χ0) is 15.4. The Hall–Kier alpha value is -2.08.